The molecule has 2 aromatic heterocycles. The first-order valence-electron chi connectivity index (χ1n) is 8.26. The molecule has 0 aliphatic carbocycles. The highest BCUT2D eigenvalue weighted by Gasteiger charge is 2.22. The first-order chi connectivity index (χ1) is 11.8. The van der Waals surface area contributed by atoms with Crippen molar-refractivity contribution in [1.82, 2.24) is 19.7 Å². The Balaban J connectivity index is 1.52. The Morgan fingerprint density at radius 2 is 1.88 bits per heavy atom. The van der Waals surface area contributed by atoms with Gasteiger partial charge in [-0.15, -0.1) is 0 Å². The third-order valence-corrected chi connectivity index (χ3v) is 4.49. The standard InChI is InChI=1S/C19H20N4O/c24-19-17-9-11-22(13-16-8-4-5-10-20-16)14-18(17)21-23(19)12-15-6-2-1-3-7-15/h1-8,10,21H,9,11-14H2. The summed E-state index contributed by atoms with van der Waals surface area (Å²) in [7, 11) is 0. The van der Waals surface area contributed by atoms with E-state index in [1.54, 1.807) is 4.68 Å². The molecule has 1 N–H and O–H groups in total. The summed E-state index contributed by atoms with van der Waals surface area (Å²) in [4.78, 5) is 19.3. The van der Waals surface area contributed by atoms with E-state index in [0.717, 1.165) is 48.6 Å². The number of fused-ring (bicyclic) bond motifs is 1. The maximum Gasteiger partial charge on any atom is 0.270 e. The third kappa shape index (κ3) is 3.03. The number of aromatic amines is 1. The van der Waals surface area contributed by atoms with E-state index < -0.39 is 0 Å². The number of pyridine rings is 1. The molecule has 0 radical (unpaired) electrons. The van der Waals surface area contributed by atoms with Crippen LogP contribution < -0.4 is 5.56 Å². The second kappa shape index (κ2) is 6.45. The van der Waals surface area contributed by atoms with Crippen molar-refractivity contribution in [2.75, 3.05) is 6.54 Å². The van der Waals surface area contributed by atoms with E-state index >= 15 is 0 Å². The van der Waals surface area contributed by atoms with E-state index in [9.17, 15) is 4.79 Å². The molecule has 3 aromatic rings. The molecule has 4 rings (SSSR count). The molecular formula is C19H20N4O. The largest absolute Gasteiger partial charge is 0.298 e. The van der Waals surface area contributed by atoms with Crippen LogP contribution in [-0.2, 0) is 26.1 Å². The Labute approximate surface area is 140 Å². The second-order valence-electron chi connectivity index (χ2n) is 6.23. The SMILES string of the molecule is O=c1c2c([nH]n1Cc1ccccc1)CN(Cc1ccccn1)CC2. The van der Waals surface area contributed by atoms with Gasteiger partial charge in [0.05, 0.1) is 17.9 Å². The molecule has 0 saturated heterocycles. The number of H-pyrrole nitrogens is 1. The lowest BCUT2D eigenvalue weighted by molar-refractivity contribution is 0.239. The number of rotatable bonds is 4. The van der Waals surface area contributed by atoms with Crippen LogP contribution in [0.5, 0.6) is 0 Å². The molecule has 5 heteroatoms. The van der Waals surface area contributed by atoms with Crippen LogP contribution in [0, 0.1) is 0 Å². The number of hydrogen-bond acceptors (Lipinski definition) is 3. The minimum Gasteiger partial charge on any atom is -0.298 e. The van der Waals surface area contributed by atoms with Gasteiger partial charge < -0.3 is 0 Å². The van der Waals surface area contributed by atoms with Gasteiger partial charge in [-0.05, 0) is 24.1 Å². The topological polar surface area (TPSA) is 53.9 Å². The van der Waals surface area contributed by atoms with Gasteiger partial charge in [-0.1, -0.05) is 36.4 Å². The minimum absolute atomic E-state index is 0.117. The Morgan fingerprint density at radius 3 is 2.67 bits per heavy atom. The fourth-order valence-corrected chi connectivity index (χ4v) is 3.27. The molecule has 0 fully saturated rings. The van der Waals surface area contributed by atoms with Crippen molar-refractivity contribution in [1.29, 1.82) is 0 Å². The molecular weight excluding hydrogens is 300 g/mol. The van der Waals surface area contributed by atoms with Gasteiger partial charge in [-0.3, -0.25) is 19.8 Å². The van der Waals surface area contributed by atoms with Crippen molar-refractivity contribution < 1.29 is 0 Å². The predicted octanol–water partition coefficient (Wildman–Crippen LogP) is 2.18. The Kier molecular flexibility index (Phi) is 4.01. The van der Waals surface area contributed by atoms with Crippen molar-refractivity contribution in [3.05, 3.63) is 87.6 Å². The van der Waals surface area contributed by atoms with Crippen molar-refractivity contribution >= 4 is 0 Å². The van der Waals surface area contributed by atoms with Crippen LogP contribution in [-0.4, -0.2) is 26.2 Å². The van der Waals surface area contributed by atoms with Crippen molar-refractivity contribution in [2.24, 2.45) is 0 Å². The molecule has 1 aliphatic rings. The van der Waals surface area contributed by atoms with Gasteiger partial charge >= 0.3 is 0 Å². The first kappa shape index (κ1) is 14.9. The first-order valence-corrected chi connectivity index (χ1v) is 8.26. The maximum atomic E-state index is 12.6. The van der Waals surface area contributed by atoms with Crippen LogP contribution in [0.4, 0.5) is 0 Å². The van der Waals surface area contributed by atoms with Crippen molar-refractivity contribution in [3.8, 4) is 0 Å². The molecule has 1 aliphatic heterocycles. The van der Waals surface area contributed by atoms with Crippen LogP contribution in [0.1, 0.15) is 22.5 Å². The predicted molar refractivity (Wildman–Crippen MR) is 92.7 cm³/mol. The lowest BCUT2D eigenvalue weighted by atomic mass is 10.1. The molecule has 0 amide bonds. The summed E-state index contributed by atoms with van der Waals surface area (Å²) in [5, 5.41) is 3.31. The van der Waals surface area contributed by atoms with Gasteiger partial charge in [0, 0.05) is 31.4 Å². The Bertz CT molecular complexity index is 867. The fourth-order valence-electron chi connectivity index (χ4n) is 3.27. The smallest absolute Gasteiger partial charge is 0.270 e. The summed E-state index contributed by atoms with van der Waals surface area (Å²) in [5.41, 5.74) is 4.28. The number of benzene rings is 1. The lowest BCUT2D eigenvalue weighted by Crippen LogP contribution is -2.32. The van der Waals surface area contributed by atoms with E-state index in [4.69, 9.17) is 0 Å². The number of nitrogens with one attached hydrogen (secondary N) is 1. The van der Waals surface area contributed by atoms with Crippen LogP contribution in [0.25, 0.3) is 0 Å². The van der Waals surface area contributed by atoms with Crippen LogP contribution >= 0.6 is 0 Å². The van der Waals surface area contributed by atoms with Crippen LogP contribution in [0.3, 0.4) is 0 Å². The Hall–Kier alpha value is -2.66. The summed E-state index contributed by atoms with van der Waals surface area (Å²) in [6.45, 7) is 3.06. The summed E-state index contributed by atoms with van der Waals surface area (Å²) in [5.74, 6) is 0. The molecule has 5 nitrogen and oxygen atoms in total. The molecule has 122 valence electrons. The Morgan fingerprint density at radius 1 is 1.04 bits per heavy atom. The maximum absolute atomic E-state index is 12.6. The van der Waals surface area contributed by atoms with Gasteiger partial charge in [-0.2, -0.15) is 0 Å². The monoisotopic (exact) mass is 320 g/mol. The van der Waals surface area contributed by atoms with Gasteiger partial charge in [0.2, 0.25) is 0 Å². The zero-order chi connectivity index (χ0) is 16.4. The van der Waals surface area contributed by atoms with Gasteiger partial charge in [-0.25, -0.2) is 4.68 Å². The molecule has 0 spiro atoms. The molecule has 3 heterocycles. The van der Waals surface area contributed by atoms with Crippen LogP contribution in [0.15, 0.2) is 59.5 Å². The quantitative estimate of drug-likeness (QED) is 0.801. The molecule has 24 heavy (non-hydrogen) atoms. The molecule has 0 unspecified atom stereocenters. The van der Waals surface area contributed by atoms with Crippen molar-refractivity contribution in [2.45, 2.75) is 26.1 Å². The number of nitrogens with zero attached hydrogens (tertiary/aromatic N) is 3. The highest BCUT2D eigenvalue weighted by molar-refractivity contribution is 5.22. The third-order valence-electron chi connectivity index (χ3n) is 4.49. The molecule has 0 atom stereocenters. The zero-order valence-electron chi connectivity index (χ0n) is 13.5. The van der Waals surface area contributed by atoms with E-state index in [2.05, 4.69) is 15.0 Å². The highest BCUT2D eigenvalue weighted by atomic mass is 16.1. The normalized spacial score (nSPS) is 14.5. The summed E-state index contributed by atoms with van der Waals surface area (Å²) in [6, 6.07) is 16.0. The number of hydrogen-bond donors (Lipinski definition) is 1. The fraction of sp³-hybridized carbons (Fsp3) is 0.263. The summed E-state index contributed by atoms with van der Waals surface area (Å²) >= 11 is 0. The van der Waals surface area contributed by atoms with E-state index in [1.807, 2.05) is 54.7 Å². The molecule has 0 saturated carbocycles. The van der Waals surface area contributed by atoms with E-state index in [1.165, 1.54) is 0 Å². The molecule has 1 aromatic carbocycles. The minimum atomic E-state index is 0.117. The summed E-state index contributed by atoms with van der Waals surface area (Å²) < 4.78 is 1.73. The second-order valence-corrected chi connectivity index (χ2v) is 6.23. The van der Waals surface area contributed by atoms with Crippen molar-refractivity contribution in [3.63, 3.8) is 0 Å². The van der Waals surface area contributed by atoms with Gasteiger partial charge in [0.25, 0.3) is 5.56 Å². The van der Waals surface area contributed by atoms with Gasteiger partial charge in [0.1, 0.15) is 0 Å². The number of aromatic nitrogens is 3. The lowest BCUT2D eigenvalue weighted by Gasteiger charge is -2.25. The zero-order valence-corrected chi connectivity index (χ0v) is 13.5. The van der Waals surface area contributed by atoms with Crippen LogP contribution in [0.2, 0.25) is 0 Å². The van der Waals surface area contributed by atoms with E-state index in [-0.39, 0.29) is 5.56 Å². The average Bonchev–Trinajstić information content (AvgIpc) is 2.92. The van der Waals surface area contributed by atoms with Gasteiger partial charge in [0.15, 0.2) is 0 Å². The average molecular weight is 320 g/mol. The van der Waals surface area contributed by atoms with E-state index in [0.29, 0.717) is 6.54 Å². The highest BCUT2D eigenvalue weighted by Crippen LogP contribution is 2.16. The summed E-state index contributed by atoms with van der Waals surface area (Å²) in [6.07, 6.45) is 2.61. The molecule has 0 bridgehead atoms.